The fourth-order valence-electron chi connectivity index (χ4n) is 4.51. The van der Waals surface area contributed by atoms with Crippen LogP contribution in [0.2, 0.25) is 0 Å². The third-order valence-electron chi connectivity index (χ3n) is 6.09. The van der Waals surface area contributed by atoms with Crippen LogP contribution in [-0.4, -0.2) is 4.98 Å². The molecule has 158 valence electrons. The number of rotatable bonds is 3. The Labute approximate surface area is 186 Å². The van der Waals surface area contributed by atoms with Gasteiger partial charge >= 0.3 is 0 Å². The SMILES string of the molecule is Cc1cc(C)c(C)c(-c2c3cccc(-c4ccc(CC(C)(C)C)nc4)c3cc[n+]2C)c1. The molecule has 0 fully saturated rings. The summed E-state index contributed by atoms with van der Waals surface area (Å²) in [5, 5.41) is 2.54. The molecule has 0 aliphatic carbocycles. The Kier molecular flexibility index (Phi) is 5.43. The lowest BCUT2D eigenvalue weighted by Crippen LogP contribution is -2.31. The third kappa shape index (κ3) is 4.25. The van der Waals surface area contributed by atoms with Gasteiger partial charge in [0.15, 0.2) is 6.20 Å². The average Bonchev–Trinajstić information content (AvgIpc) is 2.70. The molecule has 0 saturated carbocycles. The van der Waals surface area contributed by atoms with E-state index in [0.29, 0.717) is 0 Å². The van der Waals surface area contributed by atoms with E-state index in [2.05, 4.69) is 108 Å². The van der Waals surface area contributed by atoms with Crippen LogP contribution < -0.4 is 4.57 Å². The van der Waals surface area contributed by atoms with Gasteiger partial charge in [-0.15, -0.1) is 0 Å². The van der Waals surface area contributed by atoms with Crippen molar-refractivity contribution in [2.75, 3.05) is 0 Å². The van der Waals surface area contributed by atoms with E-state index in [1.165, 1.54) is 49.8 Å². The topological polar surface area (TPSA) is 16.8 Å². The molecule has 0 saturated heterocycles. The summed E-state index contributed by atoms with van der Waals surface area (Å²) >= 11 is 0. The Balaban J connectivity index is 1.89. The van der Waals surface area contributed by atoms with Crippen molar-refractivity contribution in [1.29, 1.82) is 0 Å². The smallest absolute Gasteiger partial charge is 0.220 e. The number of aryl methyl sites for hydroxylation is 3. The minimum atomic E-state index is 0.238. The maximum Gasteiger partial charge on any atom is 0.220 e. The molecule has 0 unspecified atom stereocenters. The van der Waals surface area contributed by atoms with E-state index in [0.717, 1.165) is 12.1 Å². The largest absolute Gasteiger partial charge is 0.261 e. The summed E-state index contributed by atoms with van der Waals surface area (Å²) < 4.78 is 2.25. The van der Waals surface area contributed by atoms with Gasteiger partial charge in [0.25, 0.3) is 0 Å². The van der Waals surface area contributed by atoms with E-state index < -0.39 is 0 Å². The summed E-state index contributed by atoms with van der Waals surface area (Å²) in [6.45, 7) is 13.4. The summed E-state index contributed by atoms with van der Waals surface area (Å²) in [5.74, 6) is 0. The standard InChI is InChI=1S/C29H33N2/c1-19-15-20(2)21(3)27(16-19)28-26-10-8-9-24(25(26)13-14-31(28)7)22-11-12-23(30-18-22)17-29(4,5)6/h8-16,18H,17H2,1-7H3/q+1. The van der Waals surface area contributed by atoms with Crippen molar-refractivity contribution in [1.82, 2.24) is 4.98 Å². The fraction of sp³-hybridized carbons (Fsp3) is 0.310. The second-order valence-electron chi connectivity index (χ2n) is 10.1. The lowest BCUT2D eigenvalue weighted by molar-refractivity contribution is -0.659. The minimum absolute atomic E-state index is 0.238. The Morgan fingerprint density at radius 2 is 1.65 bits per heavy atom. The molecule has 0 amide bonds. The maximum atomic E-state index is 4.78. The van der Waals surface area contributed by atoms with Crippen LogP contribution in [0.25, 0.3) is 33.2 Å². The molecule has 4 rings (SSSR count). The summed E-state index contributed by atoms with van der Waals surface area (Å²) in [6.07, 6.45) is 5.19. The van der Waals surface area contributed by atoms with Gasteiger partial charge < -0.3 is 0 Å². The summed E-state index contributed by atoms with van der Waals surface area (Å²) in [7, 11) is 2.14. The van der Waals surface area contributed by atoms with Crippen LogP contribution in [0.4, 0.5) is 0 Å². The van der Waals surface area contributed by atoms with Gasteiger partial charge in [-0.05, 0) is 67.5 Å². The van der Waals surface area contributed by atoms with E-state index in [1.54, 1.807) is 0 Å². The minimum Gasteiger partial charge on any atom is -0.261 e. The molecule has 2 aromatic carbocycles. The number of hydrogen-bond donors (Lipinski definition) is 0. The Bertz CT molecular complexity index is 1260. The molecule has 2 heteroatoms. The Morgan fingerprint density at radius 1 is 0.871 bits per heavy atom. The van der Waals surface area contributed by atoms with Crippen LogP contribution in [0, 0.1) is 26.2 Å². The van der Waals surface area contributed by atoms with Gasteiger partial charge in [0.1, 0.15) is 7.05 Å². The van der Waals surface area contributed by atoms with Gasteiger partial charge in [0, 0.05) is 28.9 Å². The highest BCUT2D eigenvalue weighted by molar-refractivity contribution is 6.02. The number of nitrogens with zero attached hydrogens (tertiary/aromatic N) is 2. The molecule has 2 nitrogen and oxygen atoms in total. The van der Waals surface area contributed by atoms with E-state index in [1.807, 2.05) is 6.20 Å². The first kappa shape index (κ1) is 21.2. The highest BCUT2D eigenvalue weighted by atomic mass is 14.9. The van der Waals surface area contributed by atoms with Crippen molar-refractivity contribution < 1.29 is 4.57 Å². The van der Waals surface area contributed by atoms with E-state index in [-0.39, 0.29) is 5.41 Å². The van der Waals surface area contributed by atoms with Crippen molar-refractivity contribution in [2.24, 2.45) is 12.5 Å². The molecule has 0 aliphatic heterocycles. The van der Waals surface area contributed by atoms with E-state index in [9.17, 15) is 0 Å². The third-order valence-corrected chi connectivity index (χ3v) is 6.09. The second-order valence-corrected chi connectivity index (χ2v) is 10.1. The van der Waals surface area contributed by atoms with Crippen molar-refractivity contribution >= 4 is 10.8 Å². The van der Waals surface area contributed by atoms with Gasteiger partial charge in [0.2, 0.25) is 5.69 Å². The first-order valence-corrected chi connectivity index (χ1v) is 11.1. The number of fused-ring (bicyclic) bond motifs is 1. The van der Waals surface area contributed by atoms with Gasteiger partial charge in [-0.3, -0.25) is 4.98 Å². The van der Waals surface area contributed by atoms with Gasteiger partial charge in [-0.2, -0.15) is 0 Å². The Morgan fingerprint density at radius 3 is 2.32 bits per heavy atom. The van der Waals surface area contributed by atoms with E-state index in [4.69, 9.17) is 4.98 Å². The van der Waals surface area contributed by atoms with Gasteiger partial charge in [-0.1, -0.05) is 50.6 Å². The molecule has 2 heterocycles. The van der Waals surface area contributed by atoms with Crippen LogP contribution in [0.3, 0.4) is 0 Å². The Hall–Kier alpha value is -3.00. The molecule has 0 radical (unpaired) electrons. The highest BCUT2D eigenvalue weighted by Gasteiger charge is 2.20. The van der Waals surface area contributed by atoms with Crippen molar-refractivity contribution in [3.63, 3.8) is 0 Å². The number of hydrogen-bond acceptors (Lipinski definition) is 1. The molecule has 0 aliphatic rings. The van der Waals surface area contributed by atoms with Crippen LogP contribution in [0.1, 0.15) is 43.2 Å². The normalized spacial score (nSPS) is 11.8. The highest BCUT2D eigenvalue weighted by Crippen LogP contribution is 2.35. The summed E-state index contributed by atoms with van der Waals surface area (Å²) in [6, 6.07) is 17.8. The average molecular weight is 410 g/mol. The summed E-state index contributed by atoms with van der Waals surface area (Å²) in [4.78, 5) is 4.78. The van der Waals surface area contributed by atoms with Gasteiger partial charge in [0.05, 0.1) is 10.9 Å². The van der Waals surface area contributed by atoms with Crippen molar-refractivity contribution in [3.05, 3.63) is 83.3 Å². The zero-order valence-electron chi connectivity index (χ0n) is 19.9. The van der Waals surface area contributed by atoms with Crippen LogP contribution in [0.15, 0.2) is 60.9 Å². The molecule has 0 bridgehead atoms. The molecule has 2 aromatic heterocycles. The van der Waals surface area contributed by atoms with Crippen molar-refractivity contribution in [2.45, 2.75) is 48.0 Å². The van der Waals surface area contributed by atoms with Crippen LogP contribution >= 0.6 is 0 Å². The van der Waals surface area contributed by atoms with E-state index >= 15 is 0 Å². The number of aromatic nitrogens is 2. The first-order valence-electron chi connectivity index (χ1n) is 11.1. The van der Waals surface area contributed by atoms with Crippen LogP contribution in [-0.2, 0) is 13.5 Å². The fourth-order valence-corrected chi connectivity index (χ4v) is 4.51. The molecule has 31 heavy (non-hydrogen) atoms. The monoisotopic (exact) mass is 409 g/mol. The molecular weight excluding hydrogens is 376 g/mol. The summed E-state index contributed by atoms with van der Waals surface area (Å²) in [5.41, 5.74) is 10.3. The van der Waals surface area contributed by atoms with Crippen molar-refractivity contribution in [3.8, 4) is 22.4 Å². The predicted molar refractivity (Wildman–Crippen MR) is 131 cm³/mol. The maximum absolute atomic E-state index is 4.78. The van der Waals surface area contributed by atoms with Gasteiger partial charge in [-0.25, -0.2) is 4.57 Å². The molecule has 0 spiro atoms. The number of pyridine rings is 2. The molecule has 0 N–H and O–H groups in total. The lowest BCUT2D eigenvalue weighted by atomic mass is 9.90. The molecule has 4 aromatic rings. The molecular formula is C29H33N2+. The second kappa shape index (κ2) is 7.92. The molecule has 0 atom stereocenters. The van der Waals surface area contributed by atoms with Crippen LogP contribution in [0.5, 0.6) is 0 Å². The zero-order chi connectivity index (χ0) is 22.3. The lowest BCUT2D eigenvalue weighted by Gasteiger charge is -2.17. The zero-order valence-corrected chi connectivity index (χ0v) is 19.9. The quantitative estimate of drug-likeness (QED) is 0.336. The number of benzene rings is 2. The first-order chi connectivity index (χ1) is 14.6. The predicted octanol–water partition coefficient (Wildman–Crippen LogP) is 6.91.